The van der Waals surface area contributed by atoms with Crippen LogP contribution in [0.15, 0.2) is 59.6 Å². The lowest BCUT2D eigenvalue weighted by Crippen LogP contribution is -2.47. The van der Waals surface area contributed by atoms with Crippen molar-refractivity contribution in [1.29, 1.82) is 0 Å². The lowest BCUT2D eigenvalue weighted by Gasteiger charge is -2.26. The molecule has 28 heavy (non-hydrogen) atoms. The predicted octanol–water partition coefficient (Wildman–Crippen LogP) is 2.91. The van der Waals surface area contributed by atoms with Crippen molar-refractivity contribution >= 4 is 34.4 Å². The number of imidazole rings is 1. The third kappa shape index (κ3) is 3.94. The molecule has 1 saturated heterocycles. The Balaban J connectivity index is 1.75. The van der Waals surface area contributed by atoms with Crippen molar-refractivity contribution in [2.75, 3.05) is 32.8 Å². The van der Waals surface area contributed by atoms with Crippen LogP contribution in [0.25, 0.3) is 11.0 Å². The third-order valence-corrected chi connectivity index (χ3v) is 5.49. The van der Waals surface area contributed by atoms with Crippen molar-refractivity contribution in [2.24, 2.45) is 4.99 Å². The van der Waals surface area contributed by atoms with Gasteiger partial charge in [-0.05, 0) is 31.2 Å². The number of morpholine rings is 1. The monoisotopic (exact) mass is 394 g/mol. The topological polar surface area (TPSA) is 33.6 Å². The molecule has 1 aliphatic heterocycles. The van der Waals surface area contributed by atoms with E-state index in [-0.39, 0.29) is 0 Å². The average molecular weight is 395 g/mol. The molecule has 2 heterocycles. The number of benzene rings is 2. The summed E-state index contributed by atoms with van der Waals surface area (Å²) < 4.78 is 10.1. The number of aryl methyl sites for hydroxylation is 1. The summed E-state index contributed by atoms with van der Waals surface area (Å²) >= 11 is 5.81. The summed E-state index contributed by atoms with van der Waals surface area (Å²) in [6, 6.07) is 18.5. The fourth-order valence-corrected chi connectivity index (χ4v) is 4.13. The number of ether oxygens (including phenoxy) is 1. The first-order valence-corrected chi connectivity index (χ1v) is 10.3. The van der Waals surface area contributed by atoms with E-state index < -0.39 is 0 Å². The van der Waals surface area contributed by atoms with Crippen LogP contribution in [-0.4, -0.2) is 47.4 Å². The van der Waals surface area contributed by atoms with Gasteiger partial charge < -0.3 is 17.4 Å². The van der Waals surface area contributed by atoms with Crippen molar-refractivity contribution in [2.45, 2.75) is 20.0 Å². The van der Waals surface area contributed by atoms with Gasteiger partial charge in [-0.2, -0.15) is 0 Å². The number of fused-ring (bicyclic) bond motifs is 1. The molecule has 6 heteroatoms. The minimum atomic E-state index is 0.631. The molecule has 2 aromatic carbocycles. The summed E-state index contributed by atoms with van der Waals surface area (Å²) in [6.45, 7) is 8.48. The number of nitrogens with zero attached hydrogens (tertiary/aromatic N) is 4. The van der Waals surface area contributed by atoms with Gasteiger partial charge in [-0.15, -0.1) is 0 Å². The van der Waals surface area contributed by atoms with Gasteiger partial charge in [0.05, 0.1) is 25.4 Å². The number of hydrogen-bond acceptors (Lipinski definition) is 4. The molecular weight excluding hydrogens is 368 g/mol. The molecule has 1 fully saturated rings. The zero-order valence-electron chi connectivity index (χ0n) is 16.3. The van der Waals surface area contributed by atoms with Crippen LogP contribution in [0.1, 0.15) is 12.7 Å². The van der Waals surface area contributed by atoms with Crippen LogP contribution in [0.4, 0.5) is 5.69 Å². The van der Waals surface area contributed by atoms with Gasteiger partial charge in [0.15, 0.2) is 11.0 Å². The quantitative estimate of drug-likeness (QED) is 0.279. The summed E-state index contributed by atoms with van der Waals surface area (Å²) in [5.74, 6) is 1.01. The fraction of sp³-hybridized carbons (Fsp3) is 0.364. The minimum absolute atomic E-state index is 0.631. The lowest BCUT2D eigenvalue weighted by atomic mass is 10.3. The van der Waals surface area contributed by atoms with Crippen molar-refractivity contribution < 1.29 is 9.30 Å². The van der Waals surface area contributed by atoms with Crippen LogP contribution >= 0.6 is 0 Å². The predicted molar refractivity (Wildman–Crippen MR) is 115 cm³/mol. The maximum atomic E-state index is 5.81. The summed E-state index contributed by atoms with van der Waals surface area (Å²) in [5.41, 5.74) is 3.30. The van der Waals surface area contributed by atoms with E-state index in [1.54, 1.807) is 0 Å². The Bertz CT molecular complexity index is 961. The number of aromatic nitrogens is 2. The van der Waals surface area contributed by atoms with Crippen LogP contribution in [0.2, 0.25) is 0 Å². The summed E-state index contributed by atoms with van der Waals surface area (Å²) in [6.07, 6.45) is 0. The molecule has 0 atom stereocenters. The highest BCUT2D eigenvalue weighted by atomic mass is 32.1. The van der Waals surface area contributed by atoms with E-state index in [1.807, 2.05) is 30.3 Å². The molecule has 0 unspecified atom stereocenters. The summed E-state index contributed by atoms with van der Waals surface area (Å²) in [7, 11) is 0. The molecule has 1 aliphatic rings. The SMILES string of the molecule is CCn1c(C([S-])=Nc2ccccc2)[n+](CCN2CCOCC2)c2ccccc21. The lowest BCUT2D eigenvalue weighted by molar-refractivity contribution is -0.672. The van der Waals surface area contributed by atoms with Gasteiger partial charge in [0, 0.05) is 24.7 Å². The van der Waals surface area contributed by atoms with Crippen LogP contribution in [0, 0.1) is 0 Å². The van der Waals surface area contributed by atoms with Crippen LogP contribution in [-0.2, 0) is 30.5 Å². The zero-order valence-corrected chi connectivity index (χ0v) is 17.1. The van der Waals surface area contributed by atoms with Gasteiger partial charge in [-0.25, -0.2) is 9.13 Å². The van der Waals surface area contributed by atoms with Gasteiger partial charge in [-0.1, -0.05) is 30.3 Å². The second kappa shape index (κ2) is 8.82. The molecule has 0 aliphatic carbocycles. The van der Waals surface area contributed by atoms with Gasteiger partial charge in [0.2, 0.25) is 0 Å². The van der Waals surface area contributed by atoms with E-state index in [4.69, 9.17) is 22.4 Å². The maximum absolute atomic E-state index is 5.81. The number of hydrogen-bond donors (Lipinski definition) is 0. The Morgan fingerprint density at radius 2 is 1.79 bits per heavy atom. The molecule has 1 aromatic heterocycles. The highest BCUT2D eigenvalue weighted by Gasteiger charge is 2.24. The normalized spacial score (nSPS) is 16.0. The number of para-hydroxylation sites is 3. The van der Waals surface area contributed by atoms with Crippen molar-refractivity contribution in [3.05, 3.63) is 60.4 Å². The van der Waals surface area contributed by atoms with Gasteiger partial charge in [-0.3, -0.25) is 9.89 Å². The Morgan fingerprint density at radius 1 is 1.07 bits per heavy atom. The van der Waals surface area contributed by atoms with Crippen LogP contribution < -0.4 is 4.57 Å². The molecular formula is C22H26N4OS. The van der Waals surface area contributed by atoms with E-state index in [1.165, 1.54) is 11.0 Å². The second-order valence-corrected chi connectivity index (χ2v) is 7.30. The first-order chi connectivity index (χ1) is 13.8. The Morgan fingerprint density at radius 3 is 2.54 bits per heavy atom. The fourth-order valence-electron chi connectivity index (χ4n) is 3.81. The van der Waals surface area contributed by atoms with Crippen molar-refractivity contribution in [3.8, 4) is 0 Å². The van der Waals surface area contributed by atoms with E-state index in [0.717, 1.165) is 57.4 Å². The smallest absolute Gasteiger partial charge is 0.281 e. The molecule has 3 aromatic rings. The van der Waals surface area contributed by atoms with Gasteiger partial charge >= 0.3 is 0 Å². The average Bonchev–Trinajstić information content (AvgIpc) is 3.07. The highest BCUT2D eigenvalue weighted by Crippen LogP contribution is 2.18. The first kappa shape index (κ1) is 19.1. The second-order valence-electron chi connectivity index (χ2n) is 6.91. The highest BCUT2D eigenvalue weighted by molar-refractivity contribution is 7.78. The van der Waals surface area contributed by atoms with E-state index in [0.29, 0.717) is 5.04 Å². The Hall–Kier alpha value is -2.28. The van der Waals surface area contributed by atoms with Gasteiger partial charge in [0.1, 0.15) is 6.54 Å². The summed E-state index contributed by atoms with van der Waals surface area (Å²) in [4.78, 5) is 7.20. The number of aliphatic imine (C=N–C) groups is 1. The largest absolute Gasteiger partial charge is 0.752 e. The minimum Gasteiger partial charge on any atom is -0.752 e. The Kier molecular flexibility index (Phi) is 6.00. The molecule has 0 bridgehead atoms. The van der Waals surface area contributed by atoms with Crippen LogP contribution in [0.3, 0.4) is 0 Å². The van der Waals surface area contributed by atoms with Crippen molar-refractivity contribution in [3.63, 3.8) is 0 Å². The standard InChI is InChI=1S/C22H26N4OS/c1-2-25-19-10-6-7-11-20(19)26(13-12-24-14-16-27-17-15-24)22(25)21(28)23-18-8-4-3-5-9-18/h3-11H,2,12-17H2,1H3. The molecule has 0 amide bonds. The molecule has 4 rings (SSSR count). The molecule has 5 nitrogen and oxygen atoms in total. The Labute approximate surface area is 171 Å². The molecule has 0 saturated carbocycles. The molecule has 0 spiro atoms. The van der Waals surface area contributed by atoms with E-state index in [2.05, 4.69) is 45.2 Å². The molecule has 0 radical (unpaired) electrons. The van der Waals surface area contributed by atoms with E-state index in [9.17, 15) is 0 Å². The maximum Gasteiger partial charge on any atom is 0.281 e. The molecule has 146 valence electrons. The molecule has 0 N–H and O–H groups in total. The third-order valence-electron chi connectivity index (χ3n) is 5.21. The zero-order chi connectivity index (χ0) is 19.3. The summed E-state index contributed by atoms with van der Waals surface area (Å²) in [5, 5.41) is 0.631. The van der Waals surface area contributed by atoms with E-state index >= 15 is 0 Å². The first-order valence-electron chi connectivity index (χ1n) is 9.90. The number of rotatable bonds is 6. The van der Waals surface area contributed by atoms with Crippen LogP contribution in [0.5, 0.6) is 0 Å². The van der Waals surface area contributed by atoms with Gasteiger partial charge in [0.25, 0.3) is 5.82 Å². The van der Waals surface area contributed by atoms with Crippen molar-refractivity contribution in [1.82, 2.24) is 9.47 Å².